The summed E-state index contributed by atoms with van der Waals surface area (Å²) >= 11 is 0. The SMILES string of the molecule is [CH2+]c1c(F)c(F)c(F)c(F)c1F. The van der Waals surface area contributed by atoms with Gasteiger partial charge in [-0.3, -0.25) is 0 Å². The van der Waals surface area contributed by atoms with E-state index in [0.29, 0.717) is 0 Å². The molecule has 0 bridgehead atoms. The molecule has 0 radical (unpaired) electrons. The first-order valence-corrected chi connectivity index (χ1v) is 2.80. The standard InChI is InChI=1S/C7H2F5/c1-2-3(8)5(10)7(12)6(11)4(2)9/h1H2/q+1. The van der Waals surface area contributed by atoms with Crippen molar-refractivity contribution >= 4 is 0 Å². The smallest absolute Gasteiger partial charge is 0.197 e. The van der Waals surface area contributed by atoms with Crippen LogP contribution in [0.15, 0.2) is 0 Å². The van der Waals surface area contributed by atoms with E-state index in [9.17, 15) is 22.0 Å². The lowest BCUT2D eigenvalue weighted by Gasteiger charge is -1.94. The zero-order valence-electron chi connectivity index (χ0n) is 5.60. The van der Waals surface area contributed by atoms with Crippen LogP contribution in [0.4, 0.5) is 22.0 Å². The molecule has 0 nitrogen and oxygen atoms in total. The van der Waals surface area contributed by atoms with Gasteiger partial charge in [0, 0.05) is 6.92 Å². The second-order valence-electron chi connectivity index (χ2n) is 2.05. The van der Waals surface area contributed by atoms with Gasteiger partial charge in [0.05, 0.1) is 0 Å². The van der Waals surface area contributed by atoms with Crippen LogP contribution in [-0.2, 0) is 0 Å². The van der Waals surface area contributed by atoms with Crippen molar-refractivity contribution in [3.8, 4) is 0 Å². The molecule has 1 aromatic carbocycles. The fourth-order valence-corrected chi connectivity index (χ4v) is 0.650. The Balaban J connectivity index is 3.60. The fourth-order valence-electron chi connectivity index (χ4n) is 0.650. The lowest BCUT2D eigenvalue weighted by Crippen LogP contribution is -2.03. The van der Waals surface area contributed by atoms with E-state index in [4.69, 9.17) is 0 Å². The van der Waals surface area contributed by atoms with E-state index < -0.39 is 34.6 Å². The van der Waals surface area contributed by atoms with Crippen molar-refractivity contribution in [1.82, 2.24) is 0 Å². The third-order valence-corrected chi connectivity index (χ3v) is 1.30. The Morgan fingerprint density at radius 3 is 1.17 bits per heavy atom. The maximum absolute atomic E-state index is 12.3. The summed E-state index contributed by atoms with van der Waals surface area (Å²) in [6.45, 7) is 2.69. The molecule has 12 heavy (non-hydrogen) atoms. The first-order chi connectivity index (χ1) is 5.46. The molecule has 0 amide bonds. The van der Waals surface area contributed by atoms with Crippen molar-refractivity contribution in [2.75, 3.05) is 0 Å². The number of halogens is 5. The second kappa shape index (κ2) is 2.66. The normalized spacial score (nSPS) is 10.4. The van der Waals surface area contributed by atoms with Crippen LogP contribution in [0.2, 0.25) is 0 Å². The third-order valence-electron chi connectivity index (χ3n) is 1.30. The maximum atomic E-state index is 12.3. The number of benzene rings is 1. The number of hydrogen-bond acceptors (Lipinski definition) is 0. The van der Waals surface area contributed by atoms with Gasteiger partial charge in [0.2, 0.25) is 11.4 Å². The lowest BCUT2D eigenvalue weighted by molar-refractivity contribution is 0.375. The Labute approximate surface area is 64.6 Å². The Hall–Kier alpha value is -1.26. The first kappa shape index (κ1) is 8.83. The molecule has 0 unspecified atom stereocenters. The first-order valence-electron chi connectivity index (χ1n) is 2.80. The van der Waals surface area contributed by atoms with Crippen LogP contribution in [0.3, 0.4) is 0 Å². The van der Waals surface area contributed by atoms with E-state index >= 15 is 0 Å². The largest absolute Gasteiger partial charge is 0.280 e. The molecule has 0 aromatic heterocycles. The van der Waals surface area contributed by atoms with Crippen LogP contribution in [0.25, 0.3) is 0 Å². The van der Waals surface area contributed by atoms with Crippen molar-refractivity contribution in [1.29, 1.82) is 0 Å². The number of hydrogen-bond donors (Lipinski definition) is 0. The molecular formula is C7H2F5+. The summed E-state index contributed by atoms with van der Waals surface area (Å²) < 4.78 is 61.3. The van der Waals surface area contributed by atoms with Crippen molar-refractivity contribution in [3.05, 3.63) is 41.6 Å². The van der Waals surface area contributed by atoms with Gasteiger partial charge in [-0.2, -0.15) is 13.2 Å². The minimum Gasteiger partial charge on any atom is -0.197 e. The average Bonchev–Trinajstić information content (AvgIpc) is 2.08. The summed E-state index contributed by atoms with van der Waals surface area (Å²) in [5, 5.41) is 0. The van der Waals surface area contributed by atoms with Crippen LogP contribution in [-0.4, -0.2) is 0 Å². The summed E-state index contributed by atoms with van der Waals surface area (Å²) in [4.78, 5) is 0. The van der Waals surface area contributed by atoms with Gasteiger partial charge in [-0.05, 0) is 0 Å². The molecule has 0 N–H and O–H groups in total. The van der Waals surface area contributed by atoms with Gasteiger partial charge >= 0.3 is 0 Å². The molecule has 64 valence electrons. The van der Waals surface area contributed by atoms with Gasteiger partial charge in [0.15, 0.2) is 0 Å². The van der Waals surface area contributed by atoms with Crippen molar-refractivity contribution < 1.29 is 22.0 Å². The predicted octanol–water partition coefficient (Wildman–Crippen LogP) is 2.56. The summed E-state index contributed by atoms with van der Waals surface area (Å²) in [6, 6.07) is 0. The van der Waals surface area contributed by atoms with E-state index in [1.165, 1.54) is 0 Å². The summed E-state index contributed by atoms with van der Waals surface area (Å²) in [5.74, 6) is -9.91. The second-order valence-corrected chi connectivity index (χ2v) is 2.05. The summed E-state index contributed by atoms with van der Waals surface area (Å²) in [5.41, 5.74) is -1.12. The minimum absolute atomic E-state index is 1.12. The highest BCUT2D eigenvalue weighted by atomic mass is 19.2. The Morgan fingerprint density at radius 1 is 0.583 bits per heavy atom. The van der Waals surface area contributed by atoms with Gasteiger partial charge in [0.1, 0.15) is 0 Å². The van der Waals surface area contributed by atoms with Gasteiger partial charge in [-0.25, -0.2) is 0 Å². The molecule has 0 saturated heterocycles. The van der Waals surface area contributed by atoms with Gasteiger partial charge in [0.25, 0.3) is 23.3 Å². The Kier molecular flexibility index (Phi) is 1.95. The van der Waals surface area contributed by atoms with Crippen LogP contribution >= 0.6 is 0 Å². The molecule has 0 atom stereocenters. The molecule has 0 aliphatic carbocycles. The molecule has 0 heterocycles. The lowest BCUT2D eigenvalue weighted by atomic mass is 10.2. The topological polar surface area (TPSA) is 0 Å². The van der Waals surface area contributed by atoms with E-state index in [1.54, 1.807) is 0 Å². The van der Waals surface area contributed by atoms with E-state index in [-0.39, 0.29) is 0 Å². The zero-order valence-corrected chi connectivity index (χ0v) is 5.60. The van der Waals surface area contributed by atoms with Crippen LogP contribution in [0, 0.1) is 36.0 Å². The van der Waals surface area contributed by atoms with Crippen molar-refractivity contribution in [3.63, 3.8) is 0 Å². The van der Waals surface area contributed by atoms with Gasteiger partial charge in [-0.1, -0.05) is 0 Å². The van der Waals surface area contributed by atoms with E-state index in [1.807, 2.05) is 0 Å². The summed E-state index contributed by atoms with van der Waals surface area (Å²) in [6.07, 6.45) is 0. The molecular weight excluding hydrogens is 179 g/mol. The Bertz CT molecular complexity index is 226. The predicted molar refractivity (Wildman–Crippen MR) is 30.7 cm³/mol. The van der Waals surface area contributed by atoms with E-state index in [2.05, 4.69) is 6.92 Å². The fraction of sp³-hybridized carbons (Fsp3) is 0. The molecule has 1 aromatic rings. The summed E-state index contributed by atoms with van der Waals surface area (Å²) in [7, 11) is 0. The monoisotopic (exact) mass is 181 g/mol. The van der Waals surface area contributed by atoms with Crippen molar-refractivity contribution in [2.24, 2.45) is 0 Å². The van der Waals surface area contributed by atoms with Crippen LogP contribution in [0.1, 0.15) is 5.56 Å². The van der Waals surface area contributed by atoms with Crippen molar-refractivity contribution in [2.45, 2.75) is 0 Å². The third kappa shape index (κ3) is 1.01. The van der Waals surface area contributed by atoms with Crippen LogP contribution in [0.5, 0.6) is 0 Å². The highest BCUT2D eigenvalue weighted by Crippen LogP contribution is 2.21. The molecule has 0 saturated carbocycles. The minimum atomic E-state index is -2.17. The maximum Gasteiger partial charge on any atom is 0.280 e. The average molecular weight is 181 g/mol. The van der Waals surface area contributed by atoms with Crippen LogP contribution < -0.4 is 0 Å². The highest BCUT2D eigenvalue weighted by molar-refractivity contribution is 5.25. The number of rotatable bonds is 0. The Morgan fingerprint density at radius 2 is 0.833 bits per heavy atom. The van der Waals surface area contributed by atoms with Gasteiger partial charge in [-0.15, -0.1) is 8.78 Å². The molecule has 5 heteroatoms. The highest BCUT2D eigenvalue weighted by Gasteiger charge is 2.30. The molecule has 0 aliphatic heterocycles. The molecule has 1 rings (SSSR count). The molecule has 0 aliphatic rings. The molecule has 0 fully saturated rings. The quantitative estimate of drug-likeness (QED) is 0.250. The van der Waals surface area contributed by atoms with Gasteiger partial charge < -0.3 is 0 Å². The zero-order chi connectivity index (χ0) is 9.46. The van der Waals surface area contributed by atoms with E-state index in [0.717, 1.165) is 0 Å². The molecule has 0 spiro atoms.